The molecule has 0 spiro atoms. The third kappa shape index (κ3) is 2.25. The molecule has 1 aromatic heterocycles. The van der Waals surface area contributed by atoms with Crippen LogP contribution in [0.25, 0.3) is 10.2 Å². The van der Waals surface area contributed by atoms with Crippen molar-refractivity contribution in [1.82, 2.24) is 4.98 Å². The summed E-state index contributed by atoms with van der Waals surface area (Å²) in [7, 11) is 0. The zero-order chi connectivity index (χ0) is 12.4. The molecule has 0 fully saturated rings. The highest BCUT2D eigenvalue weighted by molar-refractivity contribution is 7.21. The van der Waals surface area contributed by atoms with Crippen molar-refractivity contribution in [3.8, 4) is 0 Å². The molecule has 0 aliphatic heterocycles. The Morgan fingerprint density at radius 3 is 2.56 bits per heavy atom. The summed E-state index contributed by atoms with van der Waals surface area (Å²) in [5.41, 5.74) is 1.59. The number of halogens is 1. The number of fused-ring (bicyclic) bond motifs is 1. The van der Waals surface area contributed by atoms with Gasteiger partial charge in [-0.05, 0) is 24.3 Å². The second-order valence-electron chi connectivity index (χ2n) is 3.62. The van der Waals surface area contributed by atoms with Crippen LogP contribution in [0.1, 0.15) is 0 Å². The molecule has 0 saturated carbocycles. The van der Waals surface area contributed by atoms with E-state index in [1.54, 1.807) is 6.07 Å². The fraction of sp³-hybridized carbons (Fsp3) is 0. The van der Waals surface area contributed by atoms with E-state index in [1.807, 2.05) is 42.5 Å². The van der Waals surface area contributed by atoms with Crippen molar-refractivity contribution in [1.29, 1.82) is 0 Å². The van der Waals surface area contributed by atoms with E-state index in [0.29, 0.717) is 15.8 Å². The minimum Gasteiger partial charge on any atom is -0.217 e. The van der Waals surface area contributed by atoms with E-state index in [9.17, 15) is 0 Å². The highest BCUT2D eigenvalue weighted by atomic mass is 35.5. The zero-order valence-electron chi connectivity index (χ0n) is 9.25. The van der Waals surface area contributed by atoms with E-state index >= 15 is 0 Å². The Hall–Kier alpha value is -1.78. The molecule has 0 radical (unpaired) electrons. The van der Waals surface area contributed by atoms with Crippen LogP contribution in [0.2, 0.25) is 5.02 Å². The smallest absolute Gasteiger partial charge is 0.217 e. The topological polar surface area (TPSA) is 37.6 Å². The minimum atomic E-state index is 0.586. The van der Waals surface area contributed by atoms with Gasteiger partial charge in [-0.1, -0.05) is 47.2 Å². The molecule has 3 nitrogen and oxygen atoms in total. The molecule has 5 heteroatoms. The summed E-state index contributed by atoms with van der Waals surface area (Å²) in [5, 5.41) is 9.46. The Morgan fingerprint density at radius 2 is 1.72 bits per heavy atom. The highest BCUT2D eigenvalue weighted by Crippen LogP contribution is 2.30. The second-order valence-corrected chi connectivity index (χ2v) is 5.03. The Morgan fingerprint density at radius 1 is 0.944 bits per heavy atom. The van der Waals surface area contributed by atoms with Crippen LogP contribution in [0.15, 0.2) is 58.8 Å². The summed E-state index contributed by atoms with van der Waals surface area (Å²) in [6, 6.07) is 15.2. The van der Waals surface area contributed by atoms with Gasteiger partial charge in [-0.2, -0.15) is 0 Å². The van der Waals surface area contributed by atoms with Gasteiger partial charge in [0, 0.05) is 0 Å². The molecule has 0 aliphatic rings. The maximum Gasteiger partial charge on any atom is 0.231 e. The largest absolute Gasteiger partial charge is 0.231 e. The van der Waals surface area contributed by atoms with Crippen molar-refractivity contribution in [2.75, 3.05) is 0 Å². The maximum absolute atomic E-state index is 6.00. The number of azo groups is 1. The van der Waals surface area contributed by atoms with Gasteiger partial charge in [0.25, 0.3) is 0 Å². The van der Waals surface area contributed by atoms with Crippen LogP contribution in [0.3, 0.4) is 0 Å². The van der Waals surface area contributed by atoms with Crippen molar-refractivity contribution in [2.45, 2.75) is 0 Å². The lowest BCUT2D eigenvalue weighted by molar-refractivity contribution is 1.21. The van der Waals surface area contributed by atoms with Gasteiger partial charge in [-0.25, -0.2) is 4.98 Å². The summed E-state index contributed by atoms with van der Waals surface area (Å²) in [6.07, 6.45) is 0. The predicted octanol–water partition coefficient (Wildman–Crippen LogP) is 5.37. The SMILES string of the molecule is Clc1ccccc1N=Nc1nc2ccccc2s1. The zero-order valence-corrected chi connectivity index (χ0v) is 10.8. The lowest BCUT2D eigenvalue weighted by Gasteiger charge is -1.93. The summed E-state index contributed by atoms with van der Waals surface area (Å²) >= 11 is 7.51. The molecule has 2 aromatic carbocycles. The van der Waals surface area contributed by atoms with Gasteiger partial charge >= 0.3 is 0 Å². The molecule has 3 rings (SSSR count). The molecule has 0 saturated heterocycles. The monoisotopic (exact) mass is 273 g/mol. The van der Waals surface area contributed by atoms with E-state index in [0.717, 1.165) is 10.2 Å². The molecule has 0 unspecified atom stereocenters. The Labute approximate surface area is 113 Å². The summed E-state index contributed by atoms with van der Waals surface area (Å²) in [5.74, 6) is 0. The molecule has 3 aromatic rings. The summed E-state index contributed by atoms with van der Waals surface area (Å²) < 4.78 is 1.10. The molecule has 18 heavy (non-hydrogen) atoms. The number of nitrogens with zero attached hydrogens (tertiary/aromatic N) is 3. The van der Waals surface area contributed by atoms with E-state index < -0.39 is 0 Å². The number of aromatic nitrogens is 1. The average molecular weight is 274 g/mol. The molecule has 88 valence electrons. The van der Waals surface area contributed by atoms with E-state index in [1.165, 1.54) is 11.3 Å². The molecule has 1 heterocycles. The highest BCUT2D eigenvalue weighted by Gasteiger charge is 2.02. The minimum absolute atomic E-state index is 0.586. The Balaban J connectivity index is 1.95. The first kappa shape index (κ1) is 11.3. The van der Waals surface area contributed by atoms with E-state index in [2.05, 4.69) is 15.2 Å². The lowest BCUT2D eigenvalue weighted by atomic mass is 10.3. The molecular weight excluding hydrogens is 266 g/mol. The van der Waals surface area contributed by atoms with Crippen LogP contribution in [0.5, 0.6) is 0 Å². The van der Waals surface area contributed by atoms with Crippen molar-refractivity contribution >= 4 is 44.0 Å². The van der Waals surface area contributed by atoms with Crippen molar-refractivity contribution in [3.63, 3.8) is 0 Å². The molecule has 0 amide bonds. The van der Waals surface area contributed by atoms with Gasteiger partial charge in [-0.3, -0.25) is 0 Å². The van der Waals surface area contributed by atoms with Crippen molar-refractivity contribution in [2.24, 2.45) is 10.2 Å². The molecule has 0 aliphatic carbocycles. The lowest BCUT2D eigenvalue weighted by Crippen LogP contribution is -1.66. The molecular formula is C13H8ClN3S. The first-order valence-corrected chi connectivity index (χ1v) is 6.54. The maximum atomic E-state index is 6.00. The van der Waals surface area contributed by atoms with Gasteiger partial charge in [0.2, 0.25) is 5.13 Å². The van der Waals surface area contributed by atoms with Gasteiger partial charge in [0.1, 0.15) is 5.69 Å². The van der Waals surface area contributed by atoms with Crippen LogP contribution in [0, 0.1) is 0 Å². The number of para-hydroxylation sites is 1. The van der Waals surface area contributed by atoms with E-state index in [4.69, 9.17) is 11.6 Å². The number of rotatable bonds is 2. The first-order chi connectivity index (χ1) is 8.83. The second kappa shape index (κ2) is 4.84. The number of hydrogen-bond donors (Lipinski definition) is 0. The fourth-order valence-electron chi connectivity index (χ4n) is 1.53. The van der Waals surface area contributed by atoms with Crippen LogP contribution in [0.4, 0.5) is 10.8 Å². The molecule has 0 N–H and O–H groups in total. The third-order valence-electron chi connectivity index (χ3n) is 2.38. The number of thiazole rings is 1. The van der Waals surface area contributed by atoms with Crippen molar-refractivity contribution in [3.05, 3.63) is 53.6 Å². The average Bonchev–Trinajstić information content (AvgIpc) is 2.80. The van der Waals surface area contributed by atoms with Gasteiger partial charge in [-0.15, -0.1) is 10.2 Å². The number of hydrogen-bond acceptors (Lipinski definition) is 4. The standard InChI is InChI=1S/C13H8ClN3S/c14-9-5-1-2-6-10(9)16-17-13-15-11-7-3-4-8-12(11)18-13/h1-8H. The van der Waals surface area contributed by atoms with E-state index in [-0.39, 0.29) is 0 Å². The molecule has 0 atom stereocenters. The predicted molar refractivity (Wildman–Crippen MR) is 75.2 cm³/mol. The van der Waals surface area contributed by atoms with Crippen molar-refractivity contribution < 1.29 is 0 Å². The van der Waals surface area contributed by atoms with Gasteiger partial charge in [0.15, 0.2) is 0 Å². The van der Waals surface area contributed by atoms with Crippen LogP contribution in [-0.2, 0) is 0 Å². The van der Waals surface area contributed by atoms with Gasteiger partial charge in [0.05, 0.1) is 15.2 Å². The van der Waals surface area contributed by atoms with Crippen LogP contribution >= 0.6 is 22.9 Å². The van der Waals surface area contributed by atoms with Crippen LogP contribution < -0.4 is 0 Å². The third-order valence-corrected chi connectivity index (χ3v) is 3.62. The normalized spacial score (nSPS) is 11.4. The van der Waals surface area contributed by atoms with Crippen LogP contribution in [-0.4, -0.2) is 4.98 Å². The Bertz CT molecular complexity index is 688. The van der Waals surface area contributed by atoms with Gasteiger partial charge < -0.3 is 0 Å². The summed E-state index contributed by atoms with van der Waals surface area (Å²) in [6.45, 7) is 0. The molecule has 0 bridgehead atoms. The summed E-state index contributed by atoms with van der Waals surface area (Å²) in [4.78, 5) is 4.37. The number of benzene rings is 2. The fourth-order valence-corrected chi connectivity index (χ4v) is 2.49. The first-order valence-electron chi connectivity index (χ1n) is 5.35. The quantitative estimate of drug-likeness (QED) is 0.579. The Kier molecular flexibility index (Phi) is 3.04.